The van der Waals surface area contributed by atoms with Crippen molar-refractivity contribution in [1.29, 1.82) is 5.26 Å². The van der Waals surface area contributed by atoms with Crippen LogP contribution in [0.2, 0.25) is 0 Å². The van der Waals surface area contributed by atoms with Crippen molar-refractivity contribution in [3.8, 4) is 6.07 Å². The Morgan fingerprint density at radius 2 is 1.80 bits per heavy atom. The van der Waals surface area contributed by atoms with Crippen LogP contribution in [0.4, 0.5) is 8.78 Å². The second-order valence-corrected chi connectivity index (χ2v) is 4.58. The Bertz CT molecular complexity index is 630. The minimum atomic E-state index is -0.840. The van der Waals surface area contributed by atoms with Gasteiger partial charge in [-0.25, -0.2) is 8.78 Å². The number of halogens is 2. The van der Waals surface area contributed by atoms with E-state index in [1.165, 1.54) is 6.07 Å². The standard InChI is InChI=1S/C16H14F2N2/c1-11(14-6-7-15(17)16(18)8-14)20-10-13-4-2-12(9-19)3-5-13/h2-8,11,20H,10H2,1H3. The van der Waals surface area contributed by atoms with E-state index in [1.807, 2.05) is 19.1 Å². The fraction of sp³-hybridized carbons (Fsp3) is 0.188. The van der Waals surface area contributed by atoms with Crippen molar-refractivity contribution < 1.29 is 8.78 Å². The van der Waals surface area contributed by atoms with Gasteiger partial charge >= 0.3 is 0 Å². The van der Waals surface area contributed by atoms with Gasteiger partial charge in [0.25, 0.3) is 0 Å². The van der Waals surface area contributed by atoms with Gasteiger partial charge in [0.2, 0.25) is 0 Å². The molecule has 1 unspecified atom stereocenters. The summed E-state index contributed by atoms with van der Waals surface area (Å²) in [6.45, 7) is 2.47. The molecule has 0 fully saturated rings. The SMILES string of the molecule is CC(NCc1ccc(C#N)cc1)c1ccc(F)c(F)c1. The normalized spacial score (nSPS) is 11.9. The van der Waals surface area contributed by atoms with Gasteiger partial charge in [0.15, 0.2) is 11.6 Å². The predicted octanol–water partition coefficient (Wildman–Crippen LogP) is 3.69. The van der Waals surface area contributed by atoms with Crippen LogP contribution in [0.15, 0.2) is 42.5 Å². The van der Waals surface area contributed by atoms with Gasteiger partial charge in [-0.2, -0.15) is 5.26 Å². The average Bonchev–Trinajstić information content (AvgIpc) is 2.48. The van der Waals surface area contributed by atoms with E-state index in [0.717, 1.165) is 11.6 Å². The van der Waals surface area contributed by atoms with E-state index in [4.69, 9.17) is 5.26 Å². The molecule has 20 heavy (non-hydrogen) atoms. The van der Waals surface area contributed by atoms with E-state index in [9.17, 15) is 8.78 Å². The molecule has 102 valence electrons. The van der Waals surface area contributed by atoms with E-state index >= 15 is 0 Å². The second kappa shape index (κ2) is 6.27. The summed E-state index contributed by atoms with van der Waals surface area (Å²) in [7, 11) is 0. The lowest BCUT2D eigenvalue weighted by atomic mass is 10.1. The van der Waals surface area contributed by atoms with Gasteiger partial charge in [0.1, 0.15) is 0 Å². The van der Waals surface area contributed by atoms with E-state index in [2.05, 4.69) is 11.4 Å². The Kier molecular flexibility index (Phi) is 4.44. The van der Waals surface area contributed by atoms with E-state index in [1.54, 1.807) is 18.2 Å². The predicted molar refractivity (Wildman–Crippen MR) is 72.8 cm³/mol. The van der Waals surface area contributed by atoms with Gasteiger partial charge < -0.3 is 5.32 Å². The number of nitriles is 1. The van der Waals surface area contributed by atoms with E-state index in [0.29, 0.717) is 17.7 Å². The smallest absolute Gasteiger partial charge is 0.159 e. The molecule has 4 heteroatoms. The molecule has 0 saturated heterocycles. The van der Waals surface area contributed by atoms with Crippen molar-refractivity contribution in [3.63, 3.8) is 0 Å². The minimum Gasteiger partial charge on any atom is -0.306 e. The van der Waals surface area contributed by atoms with Crippen LogP contribution < -0.4 is 5.32 Å². The number of benzene rings is 2. The highest BCUT2D eigenvalue weighted by Gasteiger charge is 2.08. The average molecular weight is 272 g/mol. The topological polar surface area (TPSA) is 35.8 Å². The summed E-state index contributed by atoms with van der Waals surface area (Å²) in [5.41, 5.74) is 2.33. The molecule has 1 atom stereocenters. The molecule has 2 aromatic rings. The summed E-state index contributed by atoms with van der Waals surface area (Å²) < 4.78 is 26.0. The van der Waals surface area contributed by atoms with Crippen LogP contribution in [-0.2, 0) is 6.54 Å². The fourth-order valence-corrected chi connectivity index (χ4v) is 1.87. The molecule has 2 nitrogen and oxygen atoms in total. The molecule has 0 aromatic heterocycles. The summed E-state index contributed by atoms with van der Waals surface area (Å²) in [6.07, 6.45) is 0. The Morgan fingerprint density at radius 1 is 1.10 bits per heavy atom. The zero-order valence-electron chi connectivity index (χ0n) is 11.0. The molecule has 0 saturated carbocycles. The Hall–Kier alpha value is -2.25. The van der Waals surface area contributed by atoms with Gasteiger partial charge in [-0.3, -0.25) is 0 Å². The van der Waals surface area contributed by atoms with Crippen LogP contribution in [0.25, 0.3) is 0 Å². The van der Waals surface area contributed by atoms with Crippen LogP contribution in [-0.4, -0.2) is 0 Å². The molecule has 0 bridgehead atoms. The zero-order valence-corrected chi connectivity index (χ0v) is 11.0. The lowest BCUT2D eigenvalue weighted by Gasteiger charge is -2.14. The maximum atomic E-state index is 13.2. The summed E-state index contributed by atoms with van der Waals surface area (Å²) in [5, 5.41) is 11.9. The third kappa shape index (κ3) is 3.40. The molecule has 0 radical (unpaired) electrons. The Balaban J connectivity index is 1.99. The molecule has 0 aliphatic heterocycles. The van der Waals surface area contributed by atoms with Crippen LogP contribution >= 0.6 is 0 Å². The van der Waals surface area contributed by atoms with Crippen molar-refractivity contribution in [3.05, 3.63) is 70.8 Å². The fourth-order valence-electron chi connectivity index (χ4n) is 1.87. The molecule has 1 N–H and O–H groups in total. The van der Waals surface area contributed by atoms with Crippen molar-refractivity contribution in [1.82, 2.24) is 5.32 Å². The number of rotatable bonds is 4. The zero-order chi connectivity index (χ0) is 14.5. The van der Waals surface area contributed by atoms with Crippen LogP contribution in [0, 0.1) is 23.0 Å². The molecule has 0 aliphatic rings. The maximum absolute atomic E-state index is 13.2. The Labute approximate surface area is 116 Å². The molecule has 0 aliphatic carbocycles. The van der Waals surface area contributed by atoms with Crippen LogP contribution in [0.5, 0.6) is 0 Å². The highest BCUT2D eigenvalue weighted by molar-refractivity contribution is 5.31. The van der Waals surface area contributed by atoms with Gasteiger partial charge in [-0.1, -0.05) is 18.2 Å². The molecular weight excluding hydrogens is 258 g/mol. The van der Waals surface area contributed by atoms with Gasteiger partial charge in [-0.15, -0.1) is 0 Å². The highest BCUT2D eigenvalue weighted by Crippen LogP contribution is 2.16. The largest absolute Gasteiger partial charge is 0.306 e. The second-order valence-electron chi connectivity index (χ2n) is 4.58. The number of nitrogens with one attached hydrogen (secondary N) is 1. The summed E-state index contributed by atoms with van der Waals surface area (Å²) in [6, 6.07) is 13.1. The van der Waals surface area contributed by atoms with Crippen molar-refractivity contribution in [2.24, 2.45) is 0 Å². The Morgan fingerprint density at radius 3 is 2.40 bits per heavy atom. The molecule has 0 spiro atoms. The maximum Gasteiger partial charge on any atom is 0.159 e. The molecule has 0 amide bonds. The number of hydrogen-bond acceptors (Lipinski definition) is 2. The summed E-state index contributed by atoms with van der Waals surface area (Å²) >= 11 is 0. The third-order valence-electron chi connectivity index (χ3n) is 3.14. The van der Waals surface area contributed by atoms with E-state index < -0.39 is 11.6 Å². The number of hydrogen-bond donors (Lipinski definition) is 1. The summed E-state index contributed by atoms with van der Waals surface area (Å²) in [4.78, 5) is 0. The summed E-state index contributed by atoms with van der Waals surface area (Å²) in [5.74, 6) is -1.68. The highest BCUT2D eigenvalue weighted by atomic mass is 19.2. The first-order valence-electron chi connectivity index (χ1n) is 6.27. The molecule has 2 rings (SSSR count). The van der Waals surface area contributed by atoms with Crippen molar-refractivity contribution in [2.75, 3.05) is 0 Å². The van der Waals surface area contributed by atoms with Crippen molar-refractivity contribution in [2.45, 2.75) is 19.5 Å². The lowest BCUT2D eigenvalue weighted by Crippen LogP contribution is -2.18. The molecular formula is C16H14F2N2. The molecule has 2 aromatic carbocycles. The minimum absolute atomic E-state index is 0.0965. The molecule has 0 heterocycles. The van der Waals surface area contributed by atoms with Crippen molar-refractivity contribution >= 4 is 0 Å². The lowest BCUT2D eigenvalue weighted by molar-refractivity contribution is 0.500. The van der Waals surface area contributed by atoms with Gasteiger partial charge in [0.05, 0.1) is 11.6 Å². The quantitative estimate of drug-likeness (QED) is 0.921. The first-order chi connectivity index (χ1) is 9.60. The third-order valence-corrected chi connectivity index (χ3v) is 3.14. The van der Waals surface area contributed by atoms with Gasteiger partial charge in [-0.05, 0) is 42.3 Å². The van der Waals surface area contributed by atoms with Gasteiger partial charge in [0, 0.05) is 12.6 Å². The monoisotopic (exact) mass is 272 g/mol. The first kappa shape index (κ1) is 14.2. The number of nitrogens with zero attached hydrogens (tertiary/aromatic N) is 1. The first-order valence-corrected chi connectivity index (χ1v) is 6.27. The van der Waals surface area contributed by atoms with Crippen LogP contribution in [0.3, 0.4) is 0 Å². The van der Waals surface area contributed by atoms with Crippen LogP contribution in [0.1, 0.15) is 29.7 Å². The van der Waals surface area contributed by atoms with E-state index in [-0.39, 0.29) is 6.04 Å².